The van der Waals surface area contributed by atoms with Crippen molar-refractivity contribution in [2.75, 3.05) is 16.8 Å². The van der Waals surface area contributed by atoms with Gasteiger partial charge in [0.1, 0.15) is 5.69 Å². The molecule has 0 bridgehead atoms. The van der Waals surface area contributed by atoms with Crippen LogP contribution in [0.2, 0.25) is 0 Å². The van der Waals surface area contributed by atoms with Gasteiger partial charge in [-0.05, 0) is 30.7 Å². The maximum atomic E-state index is 12.4. The van der Waals surface area contributed by atoms with Gasteiger partial charge in [-0.2, -0.15) is 0 Å². The summed E-state index contributed by atoms with van der Waals surface area (Å²) >= 11 is 4.64. The van der Waals surface area contributed by atoms with Gasteiger partial charge >= 0.3 is 0 Å². The highest BCUT2D eigenvalue weighted by molar-refractivity contribution is 9.10. The van der Waals surface area contributed by atoms with Gasteiger partial charge in [-0.15, -0.1) is 11.3 Å². The highest BCUT2D eigenvalue weighted by Crippen LogP contribution is 2.29. The summed E-state index contributed by atoms with van der Waals surface area (Å²) in [6, 6.07) is 5.67. The van der Waals surface area contributed by atoms with Crippen LogP contribution in [-0.4, -0.2) is 29.1 Å². The molecule has 1 saturated heterocycles. The van der Waals surface area contributed by atoms with E-state index in [9.17, 15) is 14.4 Å². The fraction of sp³-hybridized carbons (Fsp3) is 0.294. The van der Waals surface area contributed by atoms with E-state index in [1.54, 1.807) is 10.3 Å². The molecule has 130 valence electrons. The lowest BCUT2D eigenvalue weighted by molar-refractivity contribution is -0.122. The predicted octanol–water partition coefficient (Wildman–Crippen LogP) is 3.41. The van der Waals surface area contributed by atoms with E-state index < -0.39 is 5.92 Å². The molecule has 1 aliphatic heterocycles. The van der Waals surface area contributed by atoms with Gasteiger partial charge < -0.3 is 10.2 Å². The van der Waals surface area contributed by atoms with Gasteiger partial charge in [0.05, 0.1) is 5.92 Å². The Kier molecular flexibility index (Phi) is 5.01. The van der Waals surface area contributed by atoms with E-state index in [0.29, 0.717) is 17.4 Å². The van der Waals surface area contributed by atoms with Gasteiger partial charge in [-0.1, -0.05) is 15.9 Å². The lowest BCUT2D eigenvalue weighted by Gasteiger charge is -2.17. The van der Waals surface area contributed by atoms with Crippen molar-refractivity contribution in [1.29, 1.82) is 0 Å². The quantitative estimate of drug-likeness (QED) is 0.766. The third-order valence-electron chi connectivity index (χ3n) is 4.04. The summed E-state index contributed by atoms with van der Waals surface area (Å²) in [5.41, 5.74) is 2.14. The molecule has 3 rings (SSSR count). The second-order valence-electron chi connectivity index (χ2n) is 5.92. The molecule has 1 fully saturated rings. The van der Waals surface area contributed by atoms with Gasteiger partial charge in [-0.25, -0.2) is 4.98 Å². The second kappa shape index (κ2) is 7.05. The van der Waals surface area contributed by atoms with Crippen LogP contribution in [0.4, 0.5) is 10.8 Å². The van der Waals surface area contributed by atoms with Gasteiger partial charge in [0.25, 0.3) is 0 Å². The number of nitrogens with one attached hydrogen (secondary N) is 1. The Morgan fingerprint density at radius 1 is 1.40 bits per heavy atom. The fourth-order valence-electron chi connectivity index (χ4n) is 2.63. The third-order valence-corrected chi connectivity index (χ3v) is 5.69. The number of amides is 2. The van der Waals surface area contributed by atoms with Crippen molar-refractivity contribution in [3.63, 3.8) is 0 Å². The number of rotatable bonds is 4. The SMILES string of the molecule is CC(=O)c1csc(NC(=O)[C@@H]2CC(=O)N(c3ccc(Br)c(C)c3)C2)n1. The minimum atomic E-state index is -0.443. The van der Waals surface area contributed by atoms with Crippen LogP contribution in [-0.2, 0) is 9.59 Å². The summed E-state index contributed by atoms with van der Waals surface area (Å²) in [6.07, 6.45) is 0.159. The van der Waals surface area contributed by atoms with Crippen molar-refractivity contribution >= 4 is 55.7 Å². The Morgan fingerprint density at radius 3 is 2.80 bits per heavy atom. The minimum absolute atomic E-state index is 0.0783. The molecule has 0 unspecified atom stereocenters. The van der Waals surface area contributed by atoms with Crippen molar-refractivity contribution in [3.8, 4) is 0 Å². The highest BCUT2D eigenvalue weighted by atomic mass is 79.9. The number of benzene rings is 1. The molecule has 1 atom stereocenters. The number of ketones is 1. The summed E-state index contributed by atoms with van der Waals surface area (Å²) in [5, 5.41) is 4.68. The third kappa shape index (κ3) is 3.80. The average Bonchev–Trinajstić information content (AvgIpc) is 3.17. The first-order valence-electron chi connectivity index (χ1n) is 7.69. The van der Waals surface area contributed by atoms with E-state index in [1.807, 2.05) is 25.1 Å². The van der Waals surface area contributed by atoms with Crippen LogP contribution < -0.4 is 10.2 Å². The Morgan fingerprint density at radius 2 is 2.16 bits per heavy atom. The highest BCUT2D eigenvalue weighted by Gasteiger charge is 2.35. The zero-order chi connectivity index (χ0) is 18.1. The molecule has 6 nitrogen and oxygen atoms in total. The predicted molar refractivity (Wildman–Crippen MR) is 100 cm³/mol. The van der Waals surface area contributed by atoms with Crippen LogP contribution in [0, 0.1) is 12.8 Å². The number of nitrogens with zero attached hydrogens (tertiary/aromatic N) is 2. The van der Waals surface area contributed by atoms with E-state index in [2.05, 4.69) is 26.2 Å². The standard InChI is InChI=1S/C17H16BrN3O3S/c1-9-5-12(3-4-13(9)18)21-7-11(6-15(21)23)16(24)20-17-19-14(8-25-17)10(2)22/h3-5,8,11H,6-7H2,1-2H3,(H,19,20,24)/t11-/m1/s1. The fourth-order valence-corrected chi connectivity index (χ4v) is 3.63. The van der Waals surface area contributed by atoms with Crippen molar-refractivity contribution in [1.82, 2.24) is 4.98 Å². The number of carbonyl (C=O) groups is 3. The number of aryl methyl sites for hydroxylation is 1. The van der Waals surface area contributed by atoms with Crippen LogP contribution in [0.25, 0.3) is 0 Å². The van der Waals surface area contributed by atoms with Crippen LogP contribution >= 0.6 is 27.3 Å². The average molecular weight is 422 g/mol. The van der Waals surface area contributed by atoms with Crippen LogP contribution in [0.3, 0.4) is 0 Å². The van der Waals surface area contributed by atoms with Gasteiger partial charge in [0.2, 0.25) is 11.8 Å². The lowest BCUT2D eigenvalue weighted by atomic mass is 10.1. The summed E-state index contributed by atoms with van der Waals surface area (Å²) in [7, 11) is 0. The maximum absolute atomic E-state index is 12.4. The smallest absolute Gasteiger partial charge is 0.231 e. The topological polar surface area (TPSA) is 79.4 Å². The Hall–Kier alpha value is -2.06. The number of thiazole rings is 1. The summed E-state index contributed by atoms with van der Waals surface area (Å²) in [6.45, 7) is 3.71. The zero-order valence-electron chi connectivity index (χ0n) is 13.7. The molecular weight excluding hydrogens is 406 g/mol. The first-order valence-corrected chi connectivity index (χ1v) is 9.36. The summed E-state index contributed by atoms with van der Waals surface area (Å²) in [5.74, 6) is -0.926. The molecule has 8 heteroatoms. The molecule has 0 radical (unpaired) electrons. The first kappa shape index (κ1) is 17.8. The molecule has 1 aliphatic rings. The largest absolute Gasteiger partial charge is 0.312 e. The molecule has 2 aromatic rings. The number of halogens is 1. The number of aromatic nitrogens is 1. The molecule has 0 spiro atoms. The molecule has 1 aromatic carbocycles. The molecule has 0 aliphatic carbocycles. The van der Waals surface area contributed by atoms with E-state index in [0.717, 1.165) is 15.7 Å². The van der Waals surface area contributed by atoms with Crippen LogP contribution in [0.15, 0.2) is 28.1 Å². The van der Waals surface area contributed by atoms with Crippen molar-refractivity contribution < 1.29 is 14.4 Å². The monoisotopic (exact) mass is 421 g/mol. The Labute approximate surface area is 157 Å². The number of carbonyl (C=O) groups excluding carboxylic acids is 3. The number of Topliss-reactive ketones (excluding diaryl/α,β-unsaturated/α-hetero) is 1. The molecule has 1 N–H and O–H groups in total. The minimum Gasteiger partial charge on any atom is -0.312 e. The van der Waals surface area contributed by atoms with Crippen molar-refractivity contribution in [3.05, 3.63) is 39.3 Å². The molecular formula is C17H16BrN3O3S. The number of hydrogen-bond donors (Lipinski definition) is 1. The van der Waals surface area contributed by atoms with Crippen molar-refractivity contribution in [2.45, 2.75) is 20.3 Å². The van der Waals surface area contributed by atoms with Crippen molar-refractivity contribution in [2.24, 2.45) is 5.92 Å². The Balaban J connectivity index is 1.69. The van der Waals surface area contributed by atoms with Crippen LogP contribution in [0.1, 0.15) is 29.4 Å². The maximum Gasteiger partial charge on any atom is 0.231 e. The molecule has 0 saturated carbocycles. The lowest BCUT2D eigenvalue weighted by Crippen LogP contribution is -2.28. The van der Waals surface area contributed by atoms with Crippen LogP contribution in [0.5, 0.6) is 0 Å². The molecule has 2 heterocycles. The Bertz CT molecular complexity index is 865. The molecule has 1 aromatic heterocycles. The number of anilines is 2. The summed E-state index contributed by atoms with van der Waals surface area (Å²) < 4.78 is 0.974. The summed E-state index contributed by atoms with van der Waals surface area (Å²) in [4.78, 5) is 41.7. The van der Waals surface area contributed by atoms with E-state index >= 15 is 0 Å². The molecule has 2 amide bonds. The zero-order valence-corrected chi connectivity index (χ0v) is 16.1. The van der Waals surface area contributed by atoms with Gasteiger partial charge in [0, 0.05) is 35.4 Å². The first-order chi connectivity index (χ1) is 11.8. The van der Waals surface area contributed by atoms with E-state index in [-0.39, 0.29) is 24.0 Å². The van der Waals surface area contributed by atoms with E-state index in [1.165, 1.54) is 18.3 Å². The number of hydrogen-bond acceptors (Lipinski definition) is 5. The van der Waals surface area contributed by atoms with Gasteiger partial charge in [-0.3, -0.25) is 14.4 Å². The normalized spacial score (nSPS) is 17.0. The second-order valence-corrected chi connectivity index (χ2v) is 7.63. The van der Waals surface area contributed by atoms with E-state index in [4.69, 9.17) is 0 Å². The van der Waals surface area contributed by atoms with Gasteiger partial charge in [0.15, 0.2) is 10.9 Å². The molecule has 25 heavy (non-hydrogen) atoms.